The van der Waals surface area contributed by atoms with E-state index in [-0.39, 0.29) is 10.8 Å². The fourth-order valence-corrected chi connectivity index (χ4v) is 8.12. The monoisotopic (exact) mass is 765 g/mol. The number of benzene rings is 8. The molecule has 1 nitrogen and oxygen atoms in total. The fourth-order valence-electron chi connectivity index (χ4n) is 8.12. The lowest BCUT2D eigenvalue weighted by Crippen LogP contribution is -2.18. The molecule has 59 heavy (non-hydrogen) atoms. The second-order valence-corrected chi connectivity index (χ2v) is 17.9. The van der Waals surface area contributed by atoms with Crippen molar-refractivity contribution in [1.82, 2.24) is 0 Å². The minimum absolute atomic E-state index is 0.00277. The molecule has 8 rings (SSSR count). The van der Waals surface area contributed by atoms with Gasteiger partial charge in [-0.15, -0.1) is 0 Å². The lowest BCUT2D eigenvalue weighted by atomic mass is 9.79. The highest BCUT2D eigenvalue weighted by molar-refractivity contribution is 5.92. The average molecular weight is 766 g/mol. The number of nitrogens with zero attached hydrogens (tertiary/aromatic N) is 1. The van der Waals surface area contributed by atoms with E-state index in [0.29, 0.717) is 0 Å². The van der Waals surface area contributed by atoms with Gasteiger partial charge in [-0.2, -0.15) is 0 Å². The van der Waals surface area contributed by atoms with Crippen molar-refractivity contribution < 1.29 is 0 Å². The minimum atomic E-state index is -0.0956. The molecule has 0 spiro atoms. The molecule has 0 aliphatic heterocycles. The van der Waals surface area contributed by atoms with Crippen molar-refractivity contribution in [2.75, 3.05) is 4.90 Å². The molecule has 292 valence electrons. The van der Waals surface area contributed by atoms with E-state index in [1.807, 2.05) is 0 Å². The summed E-state index contributed by atoms with van der Waals surface area (Å²) in [4.78, 5) is 2.51. The zero-order valence-electron chi connectivity index (χ0n) is 35.4. The van der Waals surface area contributed by atoms with Gasteiger partial charge in [0.15, 0.2) is 0 Å². The molecule has 0 aromatic heterocycles. The van der Waals surface area contributed by atoms with Gasteiger partial charge >= 0.3 is 0 Å². The maximum absolute atomic E-state index is 2.51. The second-order valence-electron chi connectivity index (χ2n) is 17.9. The van der Waals surface area contributed by atoms with E-state index >= 15 is 0 Å². The summed E-state index contributed by atoms with van der Waals surface area (Å²) >= 11 is 0. The van der Waals surface area contributed by atoms with Gasteiger partial charge in [0.1, 0.15) is 0 Å². The molecule has 0 amide bonds. The summed E-state index contributed by atoms with van der Waals surface area (Å²) < 4.78 is 0. The standard InChI is InChI=1S/C58H55N/c1-57(2,3)50-31-36-54(48(39-50)37-42-19-11-7-12-20-42)56-49(38-43-21-13-8-14-22-43)40-51(58(4,5)6)41-55(56)59(52-32-27-46(28-33-52)44-23-15-9-16-24-44)53-34-29-47(30-35-53)45-25-17-10-18-26-45/h7-36,39-41H,37-38H2,1-6H3. The lowest BCUT2D eigenvalue weighted by Gasteiger charge is -2.33. The van der Waals surface area contributed by atoms with Crippen LogP contribution in [0.5, 0.6) is 0 Å². The van der Waals surface area contributed by atoms with Crippen molar-refractivity contribution in [3.63, 3.8) is 0 Å². The Morgan fingerprint density at radius 2 is 0.746 bits per heavy atom. The average Bonchev–Trinajstić information content (AvgIpc) is 3.25. The topological polar surface area (TPSA) is 3.24 Å². The predicted octanol–water partition coefficient (Wildman–Crippen LogP) is 15.9. The molecule has 0 N–H and O–H groups in total. The normalized spacial score (nSPS) is 11.7. The third-order valence-corrected chi connectivity index (χ3v) is 11.5. The van der Waals surface area contributed by atoms with Crippen LogP contribution in [0.1, 0.15) is 74.9 Å². The molecular weight excluding hydrogens is 711 g/mol. The molecule has 0 radical (unpaired) electrons. The van der Waals surface area contributed by atoms with Crippen LogP contribution in [0.4, 0.5) is 17.1 Å². The summed E-state index contributed by atoms with van der Waals surface area (Å²) in [6.07, 6.45) is 1.65. The van der Waals surface area contributed by atoms with Gasteiger partial charge in [-0.05, 0) is 115 Å². The summed E-state index contributed by atoms with van der Waals surface area (Å²) in [6.45, 7) is 14.0. The van der Waals surface area contributed by atoms with E-state index in [4.69, 9.17) is 0 Å². The fraction of sp³-hybridized carbons (Fsp3) is 0.172. The van der Waals surface area contributed by atoms with E-state index in [0.717, 1.165) is 24.2 Å². The van der Waals surface area contributed by atoms with E-state index in [1.54, 1.807) is 0 Å². The maximum atomic E-state index is 2.51. The first kappa shape index (κ1) is 39.4. The Hall–Kier alpha value is -6.44. The van der Waals surface area contributed by atoms with E-state index in [2.05, 4.69) is 247 Å². The molecule has 0 bridgehead atoms. The number of hydrogen-bond acceptors (Lipinski definition) is 1. The Bertz CT molecular complexity index is 2530. The van der Waals surface area contributed by atoms with Gasteiger partial charge in [-0.1, -0.05) is 211 Å². The first-order chi connectivity index (χ1) is 28.5. The number of hydrogen-bond donors (Lipinski definition) is 0. The smallest absolute Gasteiger partial charge is 0.0545 e. The van der Waals surface area contributed by atoms with Crippen LogP contribution < -0.4 is 4.90 Å². The predicted molar refractivity (Wildman–Crippen MR) is 253 cm³/mol. The largest absolute Gasteiger partial charge is 0.310 e. The molecule has 0 atom stereocenters. The quantitative estimate of drug-likeness (QED) is 0.134. The van der Waals surface area contributed by atoms with Crippen LogP contribution in [-0.2, 0) is 23.7 Å². The van der Waals surface area contributed by atoms with Crippen LogP contribution in [0, 0.1) is 0 Å². The Morgan fingerprint density at radius 1 is 0.356 bits per heavy atom. The molecule has 0 saturated carbocycles. The molecule has 0 heterocycles. The molecule has 0 aliphatic rings. The molecule has 0 saturated heterocycles. The van der Waals surface area contributed by atoms with Crippen LogP contribution in [0.2, 0.25) is 0 Å². The van der Waals surface area contributed by atoms with Crippen molar-refractivity contribution in [1.29, 1.82) is 0 Å². The zero-order valence-corrected chi connectivity index (χ0v) is 35.4. The Balaban J connectivity index is 1.43. The van der Waals surface area contributed by atoms with Gasteiger partial charge in [0.05, 0.1) is 5.69 Å². The van der Waals surface area contributed by atoms with Crippen molar-refractivity contribution >= 4 is 17.1 Å². The van der Waals surface area contributed by atoms with Gasteiger partial charge in [0.25, 0.3) is 0 Å². The van der Waals surface area contributed by atoms with Crippen LogP contribution in [0.15, 0.2) is 200 Å². The highest BCUT2D eigenvalue weighted by Gasteiger charge is 2.27. The van der Waals surface area contributed by atoms with E-state index in [1.165, 1.54) is 72.4 Å². The summed E-state index contributed by atoms with van der Waals surface area (Å²) in [5.74, 6) is 0. The third kappa shape index (κ3) is 9.01. The van der Waals surface area contributed by atoms with E-state index < -0.39 is 0 Å². The van der Waals surface area contributed by atoms with Crippen LogP contribution in [-0.4, -0.2) is 0 Å². The van der Waals surface area contributed by atoms with Crippen molar-refractivity contribution in [3.05, 3.63) is 234 Å². The van der Waals surface area contributed by atoms with Crippen LogP contribution in [0.3, 0.4) is 0 Å². The van der Waals surface area contributed by atoms with Crippen molar-refractivity contribution in [2.45, 2.75) is 65.2 Å². The first-order valence-electron chi connectivity index (χ1n) is 21.0. The molecule has 0 fully saturated rings. The van der Waals surface area contributed by atoms with Gasteiger partial charge in [0, 0.05) is 16.9 Å². The third-order valence-electron chi connectivity index (χ3n) is 11.5. The highest BCUT2D eigenvalue weighted by atomic mass is 15.1. The SMILES string of the molecule is CC(C)(C)c1ccc(-c2c(Cc3ccccc3)cc(C(C)(C)C)cc2N(c2ccc(-c3ccccc3)cc2)c2ccc(-c3ccccc3)cc2)c(Cc2ccccc2)c1. The van der Waals surface area contributed by atoms with Gasteiger partial charge in [-0.25, -0.2) is 0 Å². The molecular formula is C58H55N. The molecule has 1 heteroatoms. The number of rotatable bonds is 10. The van der Waals surface area contributed by atoms with E-state index in [9.17, 15) is 0 Å². The second kappa shape index (κ2) is 16.8. The van der Waals surface area contributed by atoms with Crippen LogP contribution in [0.25, 0.3) is 33.4 Å². The Kier molecular flexibility index (Phi) is 11.2. The summed E-state index contributed by atoms with van der Waals surface area (Å²) in [5, 5.41) is 0. The molecule has 0 aliphatic carbocycles. The maximum Gasteiger partial charge on any atom is 0.0545 e. The van der Waals surface area contributed by atoms with Crippen LogP contribution >= 0.6 is 0 Å². The first-order valence-corrected chi connectivity index (χ1v) is 21.0. The molecule has 8 aromatic carbocycles. The lowest BCUT2D eigenvalue weighted by molar-refractivity contribution is 0.589. The van der Waals surface area contributed by atoms with Crippen molar-refractivity contribution in [2.24, 2.45) is 0 Å². The zero-order chi connectivity index (χ0) is 41.0. The summed E-state index contributed by atoms with van der Waals surface area (Å²) in [5.41, 5.74) is 18.6. The van der Waals surface area contributed by atoms with Gasteiger partial charge < -0.3 is 4.90 Å². The Morgan fingerprint density at radius 3 is 1.19 bits per heavy atom. The van der Waals surface area contributed by atoms with Crippen molar-refractivity contribution in [3.8, 4) is 33.4 Å². The minimum Gasteiger partial charge on any atom is -0.310 e. The summed E-state index contributed by atoms with van der Waals surface area (Å²) in [7, 11) is 0. The van der Waals surface area contributed by atoms with Gasteiger partial charge in [0.2, 0.25) is 0 Å². The van der Waals surface area contributed by atoms with Gasteiger partial charge in [-0.3, -0.25) is 0 Å². The molecule has 0 unspecified atom stereocenters. The molecule has 8 aromatic rings. The highest BCUT2D eigenvalue weighted by Crippen LogP contribution is 2.47. The Labute approximate surface area is 352 Å². The summed E-state index contributed by atoms with van der Waals surface area (Å²) in [6, 6.07) is 73.8. The number of anilines is 3.